The summed E-state index contributed by atoms with van der Waals surface area (Å²) in [4.78, 5) is 24.3. The van der Waals surface area contributed by atoms with Gasteiger partial charge in [0.05, 0.1) is 33.5 Å². The molecule has 2 aliphatic rings. The van der Waals surface area contributed by atoms with E-state index in [1.165, 1.54) is 23.2 Å². The summed E-state index contributed by atoms with van der Waals surface area (Å²) in [6.45, 7) is 5.82. The van der Waals surface area contributed by atoms with Crippen molar-refractivity contribution in [2.24, 2.45) is 10.5 Å². The van der Waals surface area contributed by atoms with Gasteiger partial charge in [0.2, 0.25) is 6.79 Å². The van der Waals surface area contributed by atoms with Crippen molar-refractivity contribution in [3.63, 3.8) is 0 Å². The second-order valence-corrected chi connectivity index (χ2v) is 7.73. The van der Waals surface area contributed by atoms with Gasteiger partial charge >= 0.3 is 0 Å². The molecule has 0 N–H and O–H groups in total. The van der Waals surface area contributed by atoms with Crippen LogP contribution in [0.3, 0.4) is 0 Å². The van der Waals surface area contributed by atoms with Gasteiger partial charge in [0.15, 0.2) is 11.5 Å². The minimum atomic E-state index is -0.503. The van der Waals surface area contributed by atoms with Crippen LogP contribution in [0.25, 0.3) is 6.08 Å². The van der Waals surface area contributed by atoms with Crippen molar-refractivity contribution in [1.82, 2.24) is 0 Å². The number of nitro groups is 1. The van der Waals surface area contributed by atoms with Crippen molar-refractivity contribution in [1.29, 1.82) is 0 Å². The summed E-state index contributed by atoms with van der Waals surface area (Å²) in [5.74, 6) is 0.377. The third-order valence-electron chi connectivity index (χ3n) is 4.61. The smallest absolute Gasteiger partial charge is 0.280 e. The van der Waals surface area contributed by atoms with Crippen molar-refractivity contribution < 1.29 is 19.2 Å². The van der Waals surface area contributed by atoms with Crippen molar-refractivity contribution in [3.05, 3.63) is 63.7 Å². The van der Waals surface area contributed by atoms with Crippen LogP contribution in [0.15, 0.2) is 53.1 Å². The number of carbonyl (C=O) groups is 1. The SMILES string of the molecule is CC(C)(C)C1=NN(c2ccccc2)C(=O)C1=Cc1cc2c(cc1[N+](=O)[O-])OCO2. The number of benzene rings is 2. The van der Waals surface area contributed by atoms with Crippen molar-refractivity contribution in [3.8, 4) is 11.5 Å². The van der Waals surface area contributed by atoms with E-state index in [-0.39, 0.29) is 24.0 Å². The maximum atomic E-state index is 13.2. The molecule has 148 valence electrons. The zero-order valence-electron chi connectivity index (χ0n) is 16.2. The maximum Gasteiger partial charge on any atom is 0.280 e. The monoisotopic (exact) mass is 393 g/mol. The number of carbonyl (C=O) groups excluding carboxylic acids is 1. The number of rotatable bonds is 3. The highest BCUT2D eigenvalue weighted by atomic mass is 16.7. The Morgan fingerprint density at radius 1 is 1.14 bits per heavy atom. The average Bonchev–Trinajstić information content (AvgIpc) is 3.26. The zero-order chi connectivity index (χ0) is 20.8. The van der Waals surface area contributed by atoms with Crippen LogP contribution in [0.1, 0.15) is 26.3 Å². The number of hydrazone groups is 1. The molecule has 2 aromatic carbocycles. The second kappa shape index (κ2) is 6.73. The highest BCUT2D eigenvalue weighted by molar-refractivity contribution is 6.34. The highest BCUT2D eigenvalue weighted by Crippen LogP contribution is 2.40. The Kier molecular flexibility index (Phi) is 4.34. The Morgan fingerprint density at radius 2 is 1.79 bits per heavy atom. The van der Waals surface area contributed by atoms with Gasteiger partial charge in [-0.25, -0.2) is 0 Å². The predicted molar refractivity (Wildman–Crippen MR) is 108 cm³/mol. The standard InChI is InChI=1S/C21H19N3O5/c1-21(2,3)19-15(20(25)23(22-19)14-7-5-4-6-8-14)9-13-10-17-18(29-12-28-17)11-16(13)24(26)27/h4-11H,12H2,1-3H3. The van der Waals surface area contributed by atoms with Gasteiger partial charge in [0, 0.05) is 5.41 Å². The third kappa shape index (κ3) is 3.33. The number of nitro benzene ring substituents is 1. The van der Waals surface area contributed by atoms with Crippen molar-refractivity contribution in [2.45, 2.75) is 20.8 Å². The fourth-order valence-electron chi connectivity index (χ4n) is 3.22. The Morgan fingerprint density at radius 3 is 2.41 bits per heavy atom. The molecule has 0 atom stereocenters. The van der Waals surface area contributed by atoms with Crippen LogP contribution in [-0.4, -0.2) is 23.3 Å². The van der Waals surface area contributed by atoms with E-state index in [0.717, 1.165) is 0 Å². The Hall–Kier alpha value is -3.68. The first-order valence-corrected chi connectivity index (χ1v) is 9.04. The normalized spacial score (nSPS) is 17.1. The lowest BCUT2D eigenvalue weighted by Crippen LogP contribution is -2.24. The number of hydrogen-bond donors (Lipinski definition) is 0. The molecule has 29 heavy (non-hydrogen) atoms. The van der Waals surface area contributed by atoms with Gasteiger partial charge < -0.3 is 9.47 Å². The summed E-state index contributed by atoms with van der Waals surface area (Å²) >= 11 is 0. The topological polar surface area (TPSA) is 94.3 Å². The molecule has 0 bridgehead atoms. The predicted octanol–water partition coefficient (Wildman–Crippen LogP) is 4.16. The number of amides is 1. The molecular weight excluding hydrogens is 374 g/mol. The molecule has 0 spiro atoms. The van der Waals surface area contributed by atoms with E-state index in [2.05, 4.69) is 5.10 Å². The number of para-hydroxylation sites is 1. The first kappa shape index (κ1) is 18.7. The molecule has 0 saturated heterocycles. The van der Waals surface area contributed by atoms with Crippen LogP contribution in [0.5, 0.6) is 11.5 Å². The first-order valence-electron chi connectivity index (χ1n) is 9.04. The van der Waals surface area contributed by atoms with E-state index >= 15 is 0 Å². The molecule has 0 saturated carbocycles. The minimum Gasteiger partial charge on any atom is -0.454 e. The molecule has 2 aromatic rings. The van der Waals surface area contributed by atoms with Crippen LogP contribution in [0.2, 0.25) is 0 Å². The van der Waals surface area contributed by atoms with Gasteiger partial charge in [-0.15, -0.1) is 0 Å². The van der Waals surface area contributed by atoms with Crippen LogP contribution in [0.4, 0.5) is 11.4 Å². The van der Waals surface area contributed by atoms with Crippen molar-refractivity contribution in [2.75, 3.05) is 11.8 Å². The van der Waals surface area contributed by atoms with Gasteiger partial charge in [-0.3, -0.25) is 14.9 Å². The van der Waals surface area contributed by atoms with E-state index < -0.39 is 10.3 Å². The largest absolute Gasteiger partial charge is 0.454 e. The molecule has 2 aliphatic heterocycles. The Balaban J connectivity index is 1.85. The Labute approximate surface area is 167 Å². The molecule has 0 aliphatic carbocycles. The minimum absolute atomic E-state index is 0.00191. The molecule has 0 aromatic heterocycles. The summed E-state index contributed by atoms with van der Waals surface area (Å²) in [7, 11) is 0. The van der Waals surface area contributed by atoms with Gasteiger partial charge in [0.1, 0.15) is 0 Å². The Bertz CT molecular complexity index is 1070. The lowest BCUT2D eigenvalue weighted by Gasteiger charge is -2.18. The average molecular weight is 393 g/mol. The fourth-order valence-corrected chi connectivity index (χ4v) is 3.22. The molecule has 4 rings (SSSR count). The summed E-state index contributed by atoms with van der Waals surface area (Å²) in [6.07, 6.45) is 1.51. The van der Waals surface area contributed by atoms with Crippen LogP contribution < -0.4 is 14.5 Å². The lowest BCUT2D eigenvalue weighted by molar-refractivity contribution is -0.385. The number of fused-ring (bicyclic) bond motifs is 1. The quantitative estimate of drug-likeness (QED) is 0.443. The molecule has 1 amide bonds. The molecule has 0 fully saturated rings. The second-order valence-electron chi connectivity index (χ2n) is 7.73. The third-order valence-corrected chi connectivity index (χ3v) is 4.61. The molecular formula is C21H19N3O5. The maximum absolute atomic E-state index is 13.2. The number of nitrogens with zero attached hydrogens (tertiary/aromatic N) is 3. The zero-order valence-corrected chi connectivity index (χ0v) is 16.2. The van der Waals surface area contributed by atoms with E-state index in [9.17, 15) is 14.9 Å². The van der Waals surface area contributed by atoms with Crippen molar-refractivity contribution >= 4 is 29.1 Å². The molecule has 8 nitrogen and oxygen atoms in total. The number of anilines is 1. The van der Waals surface area contributed by atoms with E-state index in [1.54, 1.807) is 12.1 Å². The van der Waals surface area contributed by atoms with E-state index in [0.29, 0.717) is 28.5 Å². The molecule has 8 heteroatoms. The summed E-state index contributed by atoms with van der Waals surface area (Å²) in [5.41, 5.74) is 1.13. The summed E-state index contributed by atoms with van der Waals surface area (Å²) in [5, 5.41) is 17.5. The van der Waals surface area contributed by atoms with Gasteiger partial charge in [0.25, 0.3) is 11.6 Å². The number of hydrogen-bond acceptors (Lipinski definition) is 6. The van der Waals surface area contributed by atoms with Crippen LogP contribution in [0, 0.1) is 15.5 Å². The van der Waals surface area contributed by atoms with Crippen LogP contribution in [-0.2, 0) is 4.79 Å². The van der Waals surface area contributed by atoms with Gasteiger partial charge in [-0.2, -0.15) is 10.1 Å². The summed E-state index contributed by atoms with van der Waals surface area (Å²) in [6, 6.07) is 11.9. The molecule has 2 heterocycles. The molecule has 0 radical (unpaired) electrons. The van der Waals surface area contributed by atoms with Crippen LogP contribution >= 0.6 is 0 Å². The van der Waals surface area contributed by atoms with E-state index in [4.69, 9.17) is 9.47 Å². The van der Waals surface area contributed by atoms with E-state index in [1.807, 2.05) is 39.0 Å². The fraction of sp³-hybridized carbons (Fsp3) is 0.238. The van der Waals surface area contributed by atoms with Gasteiger partial charge in [-0.05, 0) is 24.3 Å². The van der Waals surface area contributed by atoms with Gasteiger partial charge in [-0.1, -0.05) is 39.0 Å². The first-order chi connectivity index (χ1) is 13.8. The lowest BCUT2D eigenvalue weighted by atomic mass is 9.85. The molecule has 0 unspecified atom stereocenters. The number of ether oxygens (including phenoxy) is 2. The summed E-state index contributed by atoms with van der Waals surface area (Å²) < 4.78 is 10.6. The highest BCUT2D eigenvalue weighted by Gasteiger charge is 2.37.